The zero-order valence-electron chi connectivity index (χ0n) is 23.9. The van der Waals surface area contributed by atoms with Crippen LogP contribution in [0.5, 0.6) is 5.75 Å². The molecule has 218 valence electrons. The normalized spacial score (nSPS) is 25.1. The van der Waals surface area contributed by atoms with E-state index < -0.39 is 0 Å². The van der Waals surface area contributed by atoms with Gasteiger partial charge in [0.15, 0.2) is 11.6 Å². The number of aromatic nitrogens is 2. The summed E-state index contributed by atoms with van der Waals surface area (Å²) in [6.07, 6.45) is 9.55. The van der Waals surface area contributed by atoms with E-state index in [1.807, 2.05) is 24.5 Å². The number of pyridine rings is 2. The number of fused-ring (bicyclic) bond motifs is 4. The lowest BCUT2D eigenvalue weighted by molar-refractivity contribution is -0.0414. The topological polar surface area (TPSA) is 111 Å². The van der Waals surface area contributed by atoms with Gasteiger partial charge in [-0.25, -0.2) is 9.98 Å². The van der Waals surface area contributed by atoms with E-state index in [0.29, 0.717) is 37.0 Å². The molecule has 0 amide bonds. The van der Waals surface area contributed by atoms with Crippen molar-refractivity contribution in [2.75, 3.05) is 51.7 Å². The predicted molar refractivity (Wildman–Crippen MR) is 162 cm³/mol. The van der Waals surface area contributed by atoms with Crippen LogP contribution in [0.3, 0.4) is 0 Å². The highest BCUT2D eigenvalue weighted by Crippen LogP contribution is 2.50. The van der Waals surface area contributed by atoms with Crippen LogP contribution in [0.1, 0.15) is 43.5 Å². The molecular weight excluding hydrogens is 538 g/mol. The number of nitrogens with zero attached hydrogens (tertiary/aromatic N) is 6. The van der Waals surface area contributed by atoms with E-state index >= 15 is 0 Å². The number of hydrogen-bond donors (Lipinski definition) is 1. The Bertz CT molecular complexity index is 1330. The van der Waals surface area contributed by atoms with Crippen LogP contribution in [0, 0.1) is 11.3 Å². The van der Waals surface area contributed by atoms with E-state index in [2.05, 4.69) is 44.5 Å². The molecule has 0 saturated carbocycles. The molecular formula is C30H39N7O3S. The van der Waals surface area contributed by atoms with Crippen molar-refractivity contribution in [3.63, 3.8) is 0 Å². The Kier molecular flexibility index (Phi) is 8.30. The van der Waals surface area contributed by atoms with Gasteiger partial charge in [-0.05, 0) is 62.4 Å². The standard InChI is InChI=1S/C30H39N7O3S/c1-20(36-11-7-30(8-12-36)14-24-23(28(30)31)5-4-9-33-24)35-15-26(32-2)41-25-6-10-34-29-27(25)40-18-22-13-21(16-37(22)29)17-39-19-38-3/h4-6,9-10,15,21-22,28H,2,7-8,11-14,16-19,31H2,1,3H3/b26-15+,35-20?/t21-,22?,28+/m0/s1. The van der Waals surface area contributed by atoms with Gasteiger partial charge in [-0.1, -0.05) is 17.8 Å². The summed E-state index contributed by atoms with van der Waals surface area (Å²) in [5.74, 6) is 3.07. The van der Waals surface area contributed by atoms with Crippen LogP contribution >= 0.6 is 11.8 Å². The maximum atomic E-state index is 6.73. The first-order valence-corrected chi connectivity index (χ1v) is 15.1. The summed E-state index contributed by atoms with van der Waals surface area (Å²) < 4.78 is 16.9. The first kappa shape index (κ1) is 28.1. The number of anilines is 1. The number of rotatable bonds is 8. The zero-order chi connectivity index (χ0) is 28.4. The number of amidine groups is 1. The van der Waals surface area contributed by atoms with Crippen molar-refractivity contribution < 1.29 is 14.2 Å². The van der Waals surface area contributed by atoms with E-state index in [4.69, 9.17) is 24.9 Å². The zero-order valence-corrected chi connectivity index (χ0v) is 24.7. The van der Waals surface area contributed by atoms with Gasteiger partial charge in [0, 0.05) is 56.8 Å². The van der Waals surface area contributed by atoms with Crippen molar-refractivity contribution in [2.45, 2.75) is 49.6 Å². The Morgan fingerprint density at radius 2 is 2.15 bits per heavy atom. The Morgan fingerprint density at radius 3 is 2.93 bits per heavy atom. The maximum absolute atomic E-state index is 6.73. The van der Waals surface area contributed by atoms with Gasteiger partial charge in [0.05, 0.1) is 23.7 Å². The third-order valence-electron chi connectivity index (χ3n) is 8.99. The lowest BCUT2D eigenvalue weighted by Crippen LogP contribution is -2.45. The number of thioether (sulfide) groups is 1. The average Bonchev–Trinajstić information content (AvgIpc) is 3.54. The van der Waals surface area contributed by atoms with E-state index in [9.17, 15) is 0 Å². The summed E-state index contributed by atoms with van der Waals surface area (Å²) in [5.41, 5.74) is 9.20. The van der Waals surface area contributed by atoms with Crippen molar-refractivity contribution in [3.8, 4) is 5.75 Å². The van der Waals surface area contributed by atoms with Crippen LogP contribution in [0.25, 0.3) is 0 Å². The molecule has 41 heavy (non-hydrogen) atoms. The van der Waals surface area contributed by atoms with Gasteiger partial charge in [0.25, 0.3) is 0 Å². The third-order valence-corrected chi connectivity index (χ3v) is 9.97. The first-order chi connectivity index (χ1) is 20.0. The molecule has 1 spiro atoms. The molecule has 0 aromatic carbocycles. The number of nitrogens with two attached hydrogens (primary N) is 1. The van der Waals surface area contributed by atoms with Crippen molar-refractivity contribution in [2.24, 2.45) is 27.1 Å². The molecule has 3 atom stereocenters. The molecule has 11 heteroatoms. The van der Waals surface area contributed by atoms with E-state index in [1.54, 1.807) is 13.3 Å². The van der Waals surface area contributed by atoms with Crippen molar-refractivity contribution in [1.82, 2.24) is 14.9 Å². The fourth-order valence-electron chi connectivity index (χ4n) is 6.73. The van der Waals surface area contributed by atoms with Gasteiger partial charge in [0.2, 0.25) is 0 Å². The number of likely N-dealkylation sites (tertiary alicyclic amines) is 1. The highest BCUT2D eigenvalue weighted by molar-refractivity contribution is 8.03. The van der Waals surface area contributed by atoms with Gasteiger partial charge in [-0.2, -0.15) is 0 Å². The first-order valence-electron chi connectivity index (χ1n) is 14.3. The van der Waals surface area contributed by atoms with Crippen LogP contribution in [-0.4, -0.2) is 80.2 Å². The fraction of sp³-hybridized carbons (Fsp3) is 0.533. The molecule has 10 nitrogen and oxygen atoms in total. The summed E-state index contributed by atoms with van der Waals surface area (Å²) in [6, 6.07) is 6.46. The second-order valence-corrected chi connectivity index (χ2v) is 12.5. The molecule has 2 aromatic heterocycles. The number of piperidine rings is 1. The van der Waals surface area contributed by atoms with Crippen LogP contribution in [0.15, 0.2) is 56.7 Å². The summed E-state index contributed by atoms with van der Waals surface area (Å²) in [5, 5.41) is 0.712. The molecule has 0 radical (unpaired) electrons. The highest BCUT2D eigenvalue weighted by Gasteiger charge is 2.46. The Balaban J connectivity index is 1.09. The fourth-order valence-corrected chi connectivity index (χ4v) is 7.50. The number of hydrogen-bond acceptors (Lipinski definition) is 10. The third kappa shape index (κ3) is 5.60. The molecule has 2 fully saturated rings. The van der Waals surface area contributed by atoms with Crippen molar-refractivity contribution in [1.29, 1.82) is 0 Å². The molecule has 2 saturated heterocycles. The predicted octanol–water partition coefficient (Wildman–Crippen LogP) is 4.03. The molecule has 6 rings (SSSR count). The van der Waals surface area contributed by atoms with Crippen molar-refractivity contribution >= 4 is 30.1 Å². The Morgan fingerprint density at radius 1 is 1.29 bits per heavy atom. The van der Waals surface area contributed by atoms with E-state index in [0.717, 1.165) is 67.6 Å². The summed E-state index contributed by atoms with van der Waals surface area (Å²) in [4.78, 5) is 24.0. The Labute approximate surface area is 246 Å². The molecule has 5 heterocycles. The largest absolute Gasteiger partial charge is 0.486 e. The van der Waals surface area contributed by atoms with Gasteiger partial charge in [-0.15, -0.1) is 0 Å². The van der Waals surface area contributed by atoms with Gasteiger partial charge < -0.3 is 29.7 Å². The molecule has 1 unspecified atom stereocenters. The summed E-state index contributed by atoms with van der Waals surface area (Å²) >= 11 is 1.50. The monoisotopic (exact) mass is 577 g/mol. The number of ether oxygens (including phenoxy) is 3. The SMILES string of the molecule is C=N/C(=C\N=C(C)N1CCC2(CC1)Cc1ncccc1[C@H]2N)Sc1ccnc2c1OCC1C[C@H](COCOC)CN21. The smallest absolute Gasteiger partial charge is 0.175 e. The second-order valence-electron chi connectivity index (χ2n) is 11.4. The van der Waals surface area contributed by atoms with E-state index in [-0.39, 0.29) is 11.5 Å². The lowest BCUT2D eigenvalue weighted by Gasteiger charge is -2.42. The van der Waals surface area contributed by atoms with Gasteiger partial charge >= 0.3 is 0 Å². The van der Waals surface area contributed by atoms with Crippen LogP contribution < -0.4 is 15.4 Å². The summed E-state index contributed by atoms with van der Waals surface area (Å²) in [6.45, 7) is 10.2. The lowest BCUT2D eigenvalue weighted by atomic mass is 9.73. The molecule has 0 bridgehead atoms. The van der Waals surface area contributed by atoms with Crippen LogP contribution in [0.4, 0.5) is 5.82 Å². The minimum Gasteiger partial charge on any atom is -0.486 e. The summed E-state index contributed by atoms with van der Waals surface area (Å²) in [7, 11) is 1.64. The second kappa shape index (κ2) is 12.1. The maximum Gasteiger partial charge on any atom is 0.175 e. The average molecular weight is 578 g/mol. The van der Waals surface area contributed by atoms with Gasteiger partial charge in [0.1, 0.15) is 24.3 Å². The number of aliphatic imine (C=N–C) groups is 2. The minimum absolute atomic E-state index is 0.0534. The Hall–Kier alpha value is -2.99. The molecule has 2 aromatic rings. The molecule has 1 aliphatic carbocycles. The molecule has 2 N–H and O–H groups in total. The van der Waals surface area contributed by atoms with Crippen molar-refractivity contribution in [3.05, 3.63) is 53.1 Å². The van der Waals surface area contributed by atoms with Gasteiger partial charge in [-0.3, -0.25) is 9.98 Å². The van der Waals surface area contributed by atoms with Crippen LogP contribution in [0.2, 0.25) is 0 Å². The van der Waals surface area contributed by atoms with Crippen LogP contribution in [-0.2, 0) is 15.9 Å². The number of methoxy groups -OCH3 is 1. The minimum atomic E-state index is 0.0534. The molecule has 4 aliphatic rings. The highest BCUT2D eigenvalue weighted by atomic mass is 32.2. The molecule has 3 aliphatic heterocycles. The van der Waals surface area contributed by atoms with E-state index in [1.165, 1.54) is 23.0 Å². The quantitative estimate of drug-likeness (QED) is 0.163.